The van der Waals surface area contributed by atoms with Crippen LogP contribution in [0.4, 0.5) is 0 Å². The summed E-state index contributed by atoms with van der Waals surface area (Å²) in [5.41, 5.74) is 0. The van der Waals surface area contributed by atoms with E-state index >= 15 is 0 Å². The molecule has 0 spiro atoms. The number of rotatable bonds is 5. The summed E-state index contributed by atoms with van der Waals surface area (Å²) in [6.07, 6.45) is 6.60. The van der Waals surface area contributed by atoms with E-state index in [1.807, 2.05) is 0 Å². The van der Waals surface area contributed by atoms with Crippen molar-refractivity contribution in [3.05, 3.63) is 0 Å². The van der Waals surface area contributed by atoms with E-state index in [2.05, 4.69) is 19.6 Å². The Labute approximate surface area is 89.4 Å². The van der Waals surface area contributed by atoms with Gasteiger partial charge in [0.25, 0.3) is 0 Å². The highest BCUT2D eigenvalue weighted by Crippen LogP contribution is 2.20. The van der Waals surface area contributed by atoms with E-state index in [4.69, 9.17) is 4.43 Å². The van der Waals surface area contributed by atoms with E-state index < -0.39 is 9.04 Å². The Bertz CT molecular complexity index is 126. The van der Waals surface area contributed by atoms with E-state index in [0.717, 1.165) is 6.61 Å². The molecule has 0 N–H and O–H groups in total. The third kappa shape index (κ3) is 5.08. The highest BCUT2D eigenvalue weighted by Gasteiger charge is 2.18. The largest absolute Gasteiger partial charge is 0.420 e. The maximum absolute atomic E-state index is 5.82. The zero-order valence-electron chi connectivity index (χ0n) is 8.67. The molecular weight excluding hydrogens is 196 g/mol. The summed E-state index contributed by atoms with van der Waals surface area (Å²) in [6.45, 7) is 3.28. The fraction of sp³-hybridized carbons (Fsp3) is 1.00. The maximum atomic E-state index is 5.82. The second kappa shape index (κ2) is 6.90. The second-order valence-electron chi connectivity index (χ2n) is 4.02. The maximum Gasteiger partial charge on any atom is 0.178 e. The first-order valence-electron chi connectivity index (χ1n) is 5.62. The highest BCUT2D eigenvalue weighted by atomic mass is 32.1. The van der Waals surface area contributed by atoms with Crippen LogP contribution in [0.15, 0.2) is 0 Å². The Kier molecular flexibility index (Phi) is 6.16. The Hall–Kier alpha value is 0.527. The van der Waals surface area contributed by atoms with Crippen LogP contribution in [0.25, 0.3) is 0 Å². The molecule has 2 unspecified atom stereocenters. The average Bonchev–Trinajstić information content (AvgIpc) is 2.16. The first kappa shape index (κ1) is 11.6. The summed E-state index contributed by atoms with van der Waals surface area (Å²) in [4.78, 5) is 0. The van der Waals surface area contributed by atoms with Crippen LogP contribution in [0.1, 0.15) is 39.0 Å². The van der Waals surface area contributed by atoms with Gasteiger partial charge < -0.3 is 4.43 Å². The van der Waals surface area contributed by atoms with Crippen LogP contribution in [0.3, 0.4) is 0 Å². The van der Waals surface area contributed by atoms with Crippen molar-refractivity contribution < 1.29 is 4.43 Å². The lowest BCUT2D eigenvalue weighted by Crippen LogP contribution is -2.26. The van der Waals surface area contributed by atoms with Gasteiger partial charge in [0.2, 0.25) is 0 Å². The quantitative estimate of drug-likeness (QED) is 0.551. The molecule has 0 saturated carbocycles. The highest BCUT2D eigenvalue weighted by molar-refractivity contribution is 7.81. The zero-order valence-corrected chi connectivity index (χ0v) is 10.7. The summed E-state index contributed by atoms with van der Waals surface area (Å²) in [7, 11) is -0.803. The first-order chi connectivity index (χ1) is 6.33. The Morgan fingerprint density at radius 3 is 2.92 bits per heavy atom. The molecule has 1 fully saturated rings. The predicted octanol–water partition coefficient (Wildman–Crippen LogP) is 3.01. The lowest BCUT2D eigenvalue weighted by Gasteiger charge is -2.23. The molecule has 78 valence electrons. The summed E-state index contributed by atoms with van der Waals surface area (Å²) in [6, 6.07) is 2.69. The number of hydrogen-bond donors (Lipinski definition) is 1. The van der Waals surface area contributed by atoms with Gasteiger partial charge in [0, 0.05) is 11.9 Å². The van der Waals surface area contributed by atoms with E-state index in [1.54, 1.807) is 0 Å². The van der Waals surface area contributed by atoms with Crippen LogP contribution in [0.2, 0.25) is 12.1 Å². The van der Waals surface area contributed by atoms with Crippen molar-refractivity contribution in [2.45, 2.75) is 56.4 Å². The molecule has 1 nitrogen and oxygen atoms in total. The predicted molar refractivity (Wildman–Crippen MR) is 64.2 cm³/mol. The molecule has 2 atom stereocenters. The molecule has 0 bridgehead atoms. The fourth-order valence-corrected chi connectivity index (χ4v) is 5.37. The van der Waals surface area contributed by atoms with Crippen molar-refractivity contribution in [2.75, 3.05) is 6.61 Å². The summed E-state index contributed by atoms with van der Waals surface area (Å²) >= 11 is 4.63. The molecule has 1 saturated heterocycles. The van der Waals surface area contributed by atoms with Crippen LogP contribution in [-0.2, 0) is 4.43 Å². The van der Waals surface area contributed by atoms with Crippen molar-refractivity contribution in [1.29, 1.82) is 0 Å². The third-order valence-electron chi connectivity index (χ3n) is 2.70. The van der Waals surface area contributed by atoms with Gasteiger partial charge in [-0.05, 0) is 24.9 Å². The average molecular weight is 218 g/mol. The van der Waals surface area contributed by atoms with Crippen molar-refractivity contribution >= 4 is 21.7 Å². The van der Waals surface area contributed by atoms with Crippen LogP contribution in [0.5, 0.6) is 0 Å². The van der Waals surface area contributed by atoms with Crippen molar-refractivity contribution in [1.82, 2.24) is 0 Å². The van der Waals surface area contributed by atoms with Gasteiger partial charge in [-0.2, -0.15) is 12.6 Å². The van der Waals surface area contributed by atoms with E-state index in [1.165, 1.54) is 44.2 Å². The molecule has 1 aliphatic rings. The Balaban J connectivity index is 2.07. The Morgan fingerprint density at radius 1 is 1.46 bits per heavy atom. The van der Waals surface area contributed by atoms with Gasteiger partial charge in [-0.25, -0.2) is 0 Å². The lowest BCUT2D eigenvalue weighted by atomic mass is 10.2. The normalized spacial score (nSPS) is 25.8. The van der Waals surface area contributed by atoms with Crippen LogP contribution in [0, 0.1) is 0 Å². The van der Waals surface area contributed by atoms with Crippen LogP contribution < -0.4 is 0 Å². The van der Waals surface area contributed by atoms with Crippen molar-refractivity contribution in [3.8, 4) is 0 Å². The molecule has 1 aliphatic heterocycles. The number of thiol groups is 1. The molecule has 0 aromatic heterocycles. The molecule has 0 amide bonds. The molecule has 13 heavy (non-hydrogen) atoms. The molecular formula is C10H22OSSi. The fourth-order valence-electron chi connectivity index (χ4n) is 1.85. The van der Waals surface area contributed by atoms with Crippen molar-refractivity contribution in [2.24, 2.45) is 0 Å². The molecule has 0 radical (unpaired) electrons. The number of unbranched alkanes of at least 4 members (excludes halogenated alkanes) is 1. The van der Waals surface area contributed by atoms with Gasteiger partial charge in [-0.1, -0.05) is 26.2 Å². The van der Waals surface area contributed by atoms with Gasteiger partial charge in [0.15, 0.2) is 9.04 Å². The van der Waals surface area contributed by atoms with Gasteiger partial charge in [-0.3, -0.25) is 0 Å². The first-order valence-corrected chi connectivity index (χ1v) is 8.24. The number of hydrogen-bond acceptors (Lipinski definition) is 2. The summed E-state index contributed by atoms with van der Waals surface area (Å²) in [5.74, 6) is 0. The van der Waals surface area contributed by atoms with Gasteiger partial charge in [0.1, 0.15) is 0 Å². The minimum absolute atomic E-state index is 0.620. The van der Waals surface area contributed by atoms with Crippen LogP contribution >= 0.6 is 12.6 Å². The van der Waals surface area contributed by atoms with Gasteiger partial charge in [-0.15, -0.1) is 0 Å². The minimum atomic E-state index is -0.803. The summed E-state index contributed by atoms with van der Waals surface area (Å²) < 4.78 is 5.82. The third-order valence-corrected chi connectivity index (χ3v) is 6.42. The molecule has 0 aliphatic carbocycles. The van der Waals surface area contributed by atoms with Gasteiger partial charge in [0.05, 0.1) is 0 Å². The molecule has 3 heteroatoms. The summed E-state index contributed by atoms with van der Waals surface area (Å²) in [5, 5.41) is 0.620. The van der Waals surface area contributed by atoms with E-state index in [9.17, 15) is 0 Å². The molecule has 0 aromatic carbocycles. The topological polar surface area (TPSA) is 9.23 Å². The van der Waals surface area contributed by atoms with E-state index in [0.29, 0.717) is 5.25 Å². The smallest absolute Gasteiger partial charge is 0.178 e. The zero-order chi connectivity index (χ0) is 9.52. The van der Waals surface area contributed by atoms with Crippen molar-refractivity contribution in [3.63, 3.8) is 0 Å². The lowest BCUT2D eigenvalue weighted by molar-refractivity contribution is 0.286. The van der Waals surface area contributed by atoms with Gasteiger partial charge >= 0.3 is 0 Å². The van der Waals surface area contributed by atoms with Crippen LogP contribution in [-0.4, -0.2) is 20.9 Å². The molecule has 1 rings (SSSR count). The minimum Gasteiger partial charge on any atom is -0.420 e. The standard InChI is InChI=1S/C10H22OSSi/c1-2-3-6-10(12)9-13-8-5-4-7-11-13/h10,12-13H,2-9H2,1H3. The Morgan fingerprint density at radius 2 is 2.31 bits per heavy atom. The molecule has 1 heterocycles. The second-order valence-corrected chi connectivity index (χ2v) is 7.38. The monoisotopic (exact) mass is 218 g/mol. The SMILES string of the molecule is CCCCC(S)C[SiH]1CCCCO1. The molecule has 0 aromatic rings. The van der Waals surface area contributed by atoms with E-state index in [-0.39, 0.29) is 0 Å².